The summed E-state index contributed by atoms with van der Waals surface area (Å²) in [7, 11) is 2.03. The number of nitrogens with zero attached hydrogens (tertiary/aromatic N) is 1. The third-order valence-electron chi connectivity index (χ3n) is 4.29. The molecule has 0 heterocycles. The topological polar surface area (TPSA) is 20.3 Å². The summed E-state index contributed by atoms with van der Waals surface area (Å²) in [6, 6.07) is 6.58. The van der Waals surface area contributed by atoms with Crippen molar-refractivity contribution in [1.29, 1.82) is 0 Å². The molecule has 2 nitrogen and oxygen atoms in total. The summed E-state index contributed by atoms with van der Waals surface area (Å²) in [5.74, 6) is 0.333. The number of carbonyl (C=O) groups is 1. The zero-order valence-electron chi connectivity index (χ0n) is 12.7. The monoisotopic (exact) mass is 277 g/mol. The SMILES string of the molecule is CN(Cc1ccc(F)cc1)CC1CCCC(C)(C)C1=O. The summed E-state index contributed by atoms with van der Waals surface area (Å²) >= 11 is 0. The maximum atomic E-state index is 12.9. The van der Waals surface area contributed by atoms with Crippen LogP contribution < -0.4 is 0 Å². The molecule has 0 aromatic heterocycles. The van der Waals surface area contributed by atoms with Crippen LogP contribution in [0.5, 0.6) is 0 Å². The third-order valence-corrected chi connectivity index (χ3v) is 4.29. The Labute approximate surface area is 121 Å². The van der Waals surface area contributed by atoms with E-state index in [2.05, 4.69) is 18.7 Å². The predicted octanol–water partition coefficient (Wildman–Crippen LogP) is 3.65. The van der Waals surface area contributed by atoms with E-state index in [9.17, 15) is 9.18 Å². The lowest BCUT2D eigenvalue weighted by Gasteiger charge is -2.35. The number of hydrogen-bond acceptors (Lipinski definition) is 2. The van der Waals surface area contributed by atoms with Crippen LogP contribution in [0.3, 0.4) is 0 Å². The Bertz CT molecular complexity index is 466. The molecule has 1 atom stereocenters. The minimum atomic E-state index is -0.208. The summed E-state index contributed by atoms with van der Waals surface area (Å²) in [4.78, 5) is 14.6. The average Bonchev–Trinajstić information content (AvgIpc) is 2.38. The molecule has 0 bridgehead atoms. The molecular formula is C17H24FNO. The standard InChI is InChI=1S/C17H24FNO/c1-17(2)10-4-5-14(16(17)20)12-19(3)11-13-6-8-15(18)9-7-13/h6-9,14H,4-5,10-12H2,1-3H3. The Balaban J connectivity index is 1.92. The van der Waals surface area contributed by atoms with Gasteiger partial charge in [-0.1, -0.05) is 32.4 Å². The lowest BCUT2D eigenvalue weighted by atomic mass is 9.71. The normalized spacial score (nSPS) is 22.2. The lowest BCUT2D eigenvalue weighted by Crippen LogP contribution is -2.40. The molecule has 2 rings (SSSR count). The highest BCUT2D eigenvalue weighted by Crippen LogP contribution is 2.35. The second-order valence-electron chi connectivity index (χ2n) is 6.66. The predicted molar refractivity (Wildman–Crippen MR) is 78.9 cm³/mol. The summed E-state index contributed by atoms with van der Waals surface area (Å²) in [6.07, 6.45) is 3.13. The van der Waals surface area contributed by atoms with Crippen LogP contribution in [-0.2, 0) is 11.3 Å². The molecule has 3 heteroatoms. The van der Waals surface area contributed by atoms with Gasteiger partial charge < -0.3 is 4.90 Å². The Hall–Kier alpha value is -1.22. The van der Waals surface area contributed by atoms with Gasteiger partial charge in [0.1, 0.15) is 11.6 Å². The Morgan fingerprint density at radius 1 is 1.30 bits per heavy atom. The van der Waals surface area contributed by atoms with Crippen molar-refractivity contribution in [2.45, 2.75) is 39.7 Å². The molecule has 1 aromatic carbocycles. The van der Waals surface area contributed by atoms with Gasteiger partial charge in [0.2, 0.25) is 0 Å². The second kappa shape index (κ2) is 6.04. The largest absolute Gasteiger partial charge is 0.301 e. The molecule has 0 N–H and O–H groups in total. The van der Waals surface area contributed by atoms with Crippen molar-refractivity contribution in [3.8, 4) is 0 Å². The summed E-state index contributed by atoms with van der Waals surface area (Å²) in [5.41, 5.74) is 0.913. The van der Waals surface area contributed by atoms with Gasteiger partial charge in [0.25, 0.3) is 0 Å². The highest BCUT2D eigenvalue weighted by atomic mass is 19.1. The molecule has 0 aliphatic heterocycles. The van der Waals surface area contributed by atoms with Crippen LogP contribution in [0.2, 0.25) is 0 Å². The maximum Gasteiger partial charge on any atom is 0.142 e. The zero-order valence-corrected chi connectivity index (χ0v) is 12.7. The van der Waals surface area contributed by atoms with Crippen LogP contribution in [0.4, 0.5) is 4.39 Å². The van der Waals surface area contributed by atoms with Crippen molar-refractivity contribution in [3.05, 3.63) is 35.6 Å². The molecular weight excluding hydrogens is 253 g/mol. The first-order valence-corrected chi connectivity index (χ1v) is 7.36. The van der Waals surface area contributed by atoms with Crippen molar-refractivity contribution in [2.24, 2.45) is 11.3 Å². The van der Waals surface area contributed by atoms with Crippen LogP contribution in [0.15, 0.2) is 24.3 Å². The molecule has 0 amide bonds. The van der Waals surface area contributed by atoms with Crippen LogP contribution in [0.25, 0.3) is 0 Å². The first-order chi connectivity index (χ1) is 9.38. The van der Waals surface area contributed by atoms with Crippen molar-refractivity contribution < 1.29 is 9.18 Å². The molecule has 1 saturated carbocycles. The van der Waals surface area contributed by atoms with E-state index in [1.54, 1.807) is 12.1 Å². The fourth-order valence-corrected chi connectivity index (χ4v) is 3.11. The maximum absolute atomic E-state index is 12.9. The summed E-state index contributed by atoms with van der Waals surface area (Å²) < 4.78 is 12.9. The minimum Gasteiger partial charge on any atom is -0.301 e. The Morgan fingerprint density at radius 3 is 2.60 bits per heavy atom. The molecule has 1 fully saturated rings. The van der Waals surface area contributed by atoms with E-state index in [0.717, 1.165) is 37.9 Å². The number of ketones is 1. The van der Waals surface area contributed by atoms with E-state index in [0.29, 0.717) is 5.78 Å². The Kier molecular flexibility index (Phi) is 4.59. The van der Waals surface area contributed by atoms with Gasteiger partial charge >= 0.3 is 0 Å². The van der Waals surface area contributed by atoms with Crippen LogP contribution >= 0.6 is 0 Å². The van der Waals surface area contributed by atoms with Gasteiger partial charge in [0.15, 0.2) is 0 Å². The van der Waals surface area contributed by atoms with E-state index in [1.807, 2.05) is 7.05 Å². The molecule has 1 aliphatic rings. The van der Waals surface area contributed by atoms with Gasteiger partial charge in [-0.3, -0.25) is 4.79 Å². The molecule has 0 saturated heterocycles. The first-order valence-electron chi connectivity index (χ1n) is 7.36. The number of carbonyl (C=O) groups excluding carboxylic acids is 1. The van der Waals surface area contributed by atoms with E-state index < -0.39 is 0 Å². The van der Waals surface area contributed by atoms with Gasteiger partial charge in [0.05, 0.1) is 0 Å². The van der Waals surface area contributed by atoms with Crippen molar-refractivity contribution in [3.63, 3.8) is 0 Å². The highest BCUT2D eigenvalue weighted by molar-refractivity contribution is 5.87. The van der Waals surface area contributed by atoms with Gasteiger partial charge in [-0.05, 0) is 37.6 Å². The summed E-state index contributed by atoms with van der Waals surface area (Å²) in [6.45, 7) is 5.66. The molecule has 0 radical (unpaired) electrons. The number of hydrogen-bond donors (Lipinski definition) is 0. The fraction of sp³-hybridized carbons (Fsp3) is 0.588. The number of rotatable bonds is 4. The van der Waals surface area contributed by atoms with Crippen LogP contribution in [0, 0.1) is 17.2 Å². The highest BCUT2D eigenvalue weighted by Gasteiger charge is 2.37. The second-order valence-corrected chi connectivity index (χ2v) is 6.66. The fourth-order valence-electron chi connectivity index (χ4n) is 3.11. The summed E-state index contributed by atoms with van der Waals surface area (Å²) in [5, 5.41) is 0. The van der Waals surface area contributed by atoms with Gasteiger partial charge in [-0.2, -0.15) is 0 Å². The molecule has 1 aliphatic carbocycles. The number of Topliss-reactive ketones (excluding diaryl/α,β-unsaturated/α-hetero) is 1. The molecule has 1 aromatic rings. The van der Waals surface area contributed by atoms with E-state index in [4.69, 9.17) is 0 Å². The first kappa shape index (κ1) is 15.2. The minimum absolute atomic E-state index is 0.143. The zero-order chi connectivity index (χ0) is 14.8. The third kappa shape index (κ3) is 3.66. The van der Waals surface area contributed by atoms with Crippen molar-refractivity contribution >= 4 is 5.78 Å². The van der Waals surface area contributed by atoms with E-state index >= 15 is 0 Å². The molecule has 0 spiro atoms. The number of halogens is 1. The molecule has 110 valence electrons. The van der Waals surface area contributed by atoms with Crippen molar-refractivity contribution in [2.75, 3.05) is 13.6 Å². The van der Waals surface area contributed by atoms with E-state index in [1.165, 1.54) is 12.1 Å². The van der Waals surface area contributed by atoms with Gasteiger partial charge in [-0.25, -0.2) is 4.39 Å². The Morgan fingerprint density at radius 2 is 1.95 bits per heavy atom. The van der Waals surface area contributed by atoms with Crippen molar-refractivity contribution in [1.82, 2.24) is 4.90 Å². The molecule has 20 heavy (non-hydrogen) atoms. The van der Waals surface area contributed by atoms with Crippen LogP contribution in [0.1, 0.15) is 38.7 Å². The van der Waals surface area contributed by atoms with Gasteiger partial charge in [0, 0.05) is 24.4 Å². The lowest BCUT2D eigenvalue weighted by molar-refractivity contribution is -0.134. The molecule has 1 unspecified atom stereocenters. The van der Waals surface area contributed by atoms with Gasteiger partial charge in [-0.15, -0.1) is 0 Å². The number of benzene rings is 1. The quantitative estimate of drug-likeness (QED) is 0.837. The van der Waals surface area contributed by atoms with E-state index in [-0.39, 0.29) is 17.2 Å². The smallest absolute Gasteiger partial charge is 0.142 e. The average molecular weight is 277 g/mol. The van der Waals surface area contributed by atoms with Crippen LogP contribution in [-0.4, -0.2) is 24.3 Å².